The van der Waals surface area contributed by atoms with E-state index in [4.69, 9.17) is 18.4 Å². The predicted molar refractivity (Wildman–Crippen MR) is 121 cm³/mol. The van der Waals surface area contributed by atoms with Gasteiger partial charge in [0.1, 0.15) is 5.82 Å². The maximum atomic E-state index is 12.5. The second-order valence-corrected chi connectivity index (χ2v) is 7.12. The maximum Gasteiger partial charge on any atom is 0.255 e. The number of rotatable bonds is 5. The minimum absolute atomic E-state index is 0.231. The highest BCUT2D eigenvalue weighted by atomic mass is 32.1. The monoisotopic (exact) mass is 413 g/mol. The number of anilines is 2. The number of amides is 1. The van der Waals surface area contributed by atoms with Gasteiger partial charge in [-0.25, -0.2) is 9.97 Å². The molecule has 0 saturated carbocycles. The van der Waals surface area contributed by atoms with Crippen molar-refractivity contribution < 1.29 is 4.79 Å². The van der Waals surface area contributed by atoms with Crippen LogP contribution in [0.25, 0.3) is 11.3 Å². The van der Waals surface area contributed by atoms with Crippen molar-refractivity contribution in [2.24, 2.45) is 0 Å². The lowest BCUT2D eigenvalue weighted by Gasteiger charge is -2.12. The van der Waals surface area contributed by atoms with Gasteiger partial charge in [0.25, 0.3) is 5.91 Å². The van der Waals surface area contributed by atoms with Gasteiger partial charge in [-0.15, -0.1) is 0 Å². The number of hydrogen-bond donors (Lipinski definition) is 3. The largest absolute Gasteiger partial charge is 0.397 e. The number of thiol groups is 1. The van der Waals surface area contributed by atoms with Crippen LogP contribution in [0.5, 0.6) is 0 Å². The van der Waals surface area contributed by atoms with Crippen molar-refractivity contribution in [2.75, 3.05) is 11.1 Å². The summed E-state index contributed by atoms with van der Waals surface area (Å²) in [7, 11) is 0. The molecule has 2 heterocycles. The number of aromatic nitrogens is 3. The molecule has 4 rings (SSSR count). The van der Waals surface area contributed by atoms with E-state index in [1.165, 1.54) is 0 Å². The fraction of sp³-hybridized carbons (Fsp3) is 0.0435. The molecule has 0 aliphatic heterocycles. The first kappa shape index (κ1) is 19.6. The summed E-state index contributed by atoms with van der Waals surface area (Å²) in [4.78, 5) is 25.6. The van der Waals surface area contributed by atoms with E-state index >= 15 is 0 Å². The van der Waals surface area contributed by atoms with Crippen LogP contribution in [0.3, 0.4) is 0 Å². The number of hydrogen-bond acceptors (Lipinski definition) is 6. The van der Waals surface area contributed by atoms with Crippen LogP contribution in [0.1, 0.15) is 27.0 Å². The van der Waals surface area contributed by atoms with Crippen LogP contribution in [-0.2, 0) is 0 Å². The molecular formula is C23H19N5OS. The van der Waals surface area contributed by atoms with Gasteiger partial charge in [0, 0.05) is 29.7 Å². The van der Waals surface area contributed by atoms with Gasteiger partial charge in [-0.05, 0) is 48.0 Å². The number of carbonyl (C=O) groups excluding carboxylic acids is 1. The van der Waals surface area contributed by atoms with Gasteiger partial charge in [0.2, 0.25) is 0 Å². The first-order valence-electron chi connectivity index (χ1n) is 9.29. The summed E-state index contributed by atoms with van der Waals surface area (Å²) in [6.07, 6.45) is 5.18. The van der Waals surface area contributed by atoms with Gasteiger partial charge in [-0.2, -0.15) is 12.6 Å². The van der Waals surface area contributed by atoms with E-state index in [1.807, 2.05) is 42.5 Å². The summed E-state index contributed by atoms with van der Waals surface area (Å²) < 4.78 is 0. The number of nitrogens with one attached hydrogen (secondary N) is 1. The fourth-order valence-electron chi connectivity index (χ4n) is 2.95. The molecule has 30 heavy (non-hydrogen) atoms. The zero-order valence-electron chi connectivity index (χ0n) is 15.9. The molecule has 3 N–H and O–H groups in total. The first-order valence-corrected chi connectivity index (χ1v) is 9.80. The summed E-state index contributed by atoms with van der Waals surface area (Å²) in [6.45, 7) is 0. The lowest BCUT2D eigenvalue weighted by molar-refractivity contribution is 0.102. The minimum atomic E-state index is -0.330. The van der Waals surface area contributed by atoms with Crippen molar-refractivity contribution in [2.45, 2.75) is 5.25 Å². The number of para-hydroxylation sites is 2. The van der Waals surface area contributed by atoms with Crippen molar-refractivity contribution >= 4 is 29.9 Å². The lowest BCUT2D eigenvalue weighted by atomic mass is 10.1. The van der Waals surface area contributed by atoms with Crippen molar-refractivity contribution in [1.82, 2.24) is 15.0 Å². The molecule has 1 amide bonds. The summed E-state index contributed by atoms with van der Waals surface area (Å²) >= 11 is 4.69. The summed E-state index contributed by atoms with van der Waals surface area (Å²) in [5, 5.41) is 2.49. The van der Waals surface area contributed by atoms with Gasteiger partial charge in [0.15, 0.2) is 0 Å². The summed E-state index contributed by atoms with van der Waals surface area (Å²) in [6, 6.07) is 20.0. The molecular weight excluding hydrogens is 394 g/mol. The van der Waals surface area contributed by atoms with Crippen LogP contribution in [0.15, 0.2) is 85.3 Å². The molecule has 1 unspecified atom stereocenters. The standard InChI is InChI=1S/C23H19N5OS/c24-18-5-1-2-6-20(18)28-23(29)16-9-7-15(8-10-16)21(30)22-26-13-11-19(27-22)17-4-3-12-25-14-17/h1-14,21,30H,24H2,(H,28,29). The molecule has 7 heteroatoms. The normalized spacial score (nSPS) is 11.6. The molecule has 6 nitrogen and oxygen atoms in total. The smallest absolute Gasteiger partial charge is 0.255 e. The molecule has 0 saturated heterocycles. The Morgan fingerprint density at radius 1 is 0.967 bits per heavy atom. The number of nitrogen functional groups attached to an aromatic ring is 1. The summed E-state index contributed by atoms with van der Waals surface area (Å²) in [5.74, 6) is 0.346. The van der Waals surface area contributed by atoms with Crippen molar-refractivity contribution in [3.05, 3.63) is 102 Å². The highest BCUT2D eigenvalue weighted by Gasteiger charge is 2.15. The van der Waals surface area contributed by atoms with E-state index in [0.717, 1.165) is 16.8 Å². The van der Waals surface area contributed by atoms with Gasteiger partial charge in [0.05, 0.1) is 22.3 Å². The number of nitrogens with two attached hydrogens (primary N) is 1. The van der Waals surface area contributed by atoms with Crippen molar-refractivity contribution in [3.63, 3.8) is 0 Å². The average Bonchev–Trinajstić information content (AvgIpc) is 2.81. The maximum absolute atomic E-state index is 12.5. The van der Waals surface area contributed by atoms with E-state index in [1.54, 1.807) is 42.9 Å². The topological polar surface area (TPSA) is 93.8 Å². The second kappa shape index (κ2) is 8.75. The van der Waals surface area contributed by atoms with E-state index in [-0.39, 0.29) is 11.2 Å². The third kappa shape index (κ3) is 4.31. The number of nitrogens with zero attached hydrogens (tertiary/aromatic N) is 3. The lowest BCUT2D eigenvalue weighted by Crippen LogP contribution is -2.13. The minimum Gasteiger partial charge on any atom is -0.397 e. The molecule has 4 aromatic rings. The fourth-order valence-corrected chi connectivity index (χ4v) is 3.25. The average molecular weight is 414 g/mol. The first-order chi connectivity index (χ1) is 14.6. The van der Waals surface area contributed by atoms with E-state index in [0.29, 0.717) is 22.8 Å². The van der Waals surface area contributed by atoms with E-state index < -0.39 is 0 Å². The Labute approximate surface area is 179 Å². The van der Waals surface area contributed by atoms with E-state index in [2.05, 4.69) is 20.3 Å². The van der Waals surface area contributed by atoms with Gasteiger partial charge >= 0.3 is 0 Å². The number of pyridine rings is 1. The van der Waals surface area contributed by atoms with Gasteiger partial charge in [-0.1, -0.05) is 24.3 Å². The highest BCUT2D eigenvalue weighted by molar-refractivity contribution is 7.80. The van der Waals surface area contributed by atoms with Crippen LogP contribution in [0.2, 0.25) is 0 Å². The quantitative estimate of drug-likeness (QED) is 0.333. The molecule has 0 aliphatic carbocycles. The molecule has 0 bridgehead atoms. The van der Waals surface area contributed by atoms with Crippen LogP contribution in [-0.4, -0.2) is 20.9 Å². The van der Waals surface area contributed by atoms with Gasteiger partial charge in [-0.3, -0.25) is 9.78 Å². The van der Waals surface area contributed by atoms with Crippen molar-refractivity contribution in [3.8, 4) is 11.3 Å². The zero-order valence-corrected chi connectivity index (χ0v) is 16.8. The Morgan fingerprint density at radius 2 is 1.77 bits per heavy atom. The second-order valence-electron chi connectivity index (χ2n) is 6.61. The van der Waals surface area contributed by atoms with Crippen molar-refractivity contribution in [1.29, 1.82) is 0 Å². The third-order valence-electron chi connectivity index (χ3n) is 4.57. The third-order valence-corrected chi connectivity index (χ3v) is 5.10. The van der Waals surface area contributed by atoms with Crippen LogP contribution in [0, 0.1) is 0 Å². The molecule has 0 fully saturated rings. The molecule has 2 aromatic carbocycles. The molecule has 2 aromatic heterocycles. The number of carbonyl (C=O) groups is 1. The molecule has 0 aliphatic rings. The number of benzene rings is 2. The zero-order chi connectivity index (χ0) is 20.9. The Bertz CT molecular complexity index is 1170. The van der Waals surface area contributed by atoms with Crippen LogP contribution < -0.4 is 11.1 Å². The highest BCUT2D eigenvalue weighted by Crippen LogP contribution is 2.27. The van der Waals surface area contributed by atoms with E-state index in [9.17, 15) is 4.79 Å². The van der Waals surface area contributed by atoms with Crippen LogP contribution in [0.4, 0.5) is 11.4 Å². The molecule has 0 radical (unpaired) electrons. The molecule has 0 spiro atoms. The molecule has 1 atom stereocenters. The molecule has 148 valence electrons. The Kier molecular flexibility index (Phi) is 5.72. The SMILES string of the molecule is Nc1ccccc1NC(=O)c1ccc(C(S)c2nccc(-c3cccnc3)n2)cc1. The Hall–Kier alpha value is -3.71. The summed E-state index contributed by atoms with van der Waals surface area (Å²) in [5.41, 5.74) is 10.1. The Morgan fingerprint density at radius 3 is 2.50 bits per heavy atom. The predicted octanol–water partition coefficient (Wildman–Crippen LogP) is 4.39. The van der Waals surface area contributed by atoms with Gasteiger partial charge < -0.3 is 11.1 Å². The van der Waals surface area contributed by atoms with Crippen LogP contribution >= 0.6 is 12.6 Å². The Balaban J connectivity index is 1.51.